The number of nitrogens with zero attached hydrogens (tertiary/aromatic N) is 1. The number of carbonyl (C=O) groups excluding carboxylic acids is 1. The van der Waals surface area contributed by atoms with Gasteiger partial charge in [0.15, 0.2) is 0 Å². The summed E-state index contributed by atoms with van der Waals surface area (Å²) >= 11 is 8.67. The van der Waals surface area contributed by atoms with Crippen molar-refractivity contribution in [2.45, 2.75) is 50.7 Å². The zero-order valence-corrected chi connectivity index (χ0v) is 15.0. The molecule has 6 heteroatoms. The zero-order valence-electron chi connectivity index (χ0n) is 13.3. The molecular formula is C15H32N2O2S2. The Balaban J connectivity index is 3.57. The summed E-state index contributed by atoms with van der Waals surface area (Å²) in [7, 11) is 0. The molecule has 0 spiro atoms. The minimum absolute atomic E-state index is 0.125. The Morgan fingerprint density at radius 3 is 2.62 bits per heavy atom. The molecule has 0 fully saturated rings. The lowest BCUT2D eigenvalue weighted by Gasteiger charge is -2.20. The average molecular weight is 337 g/mol. The molecule has 0 saturated heterocycles. The first-order valence-electron chi connectivity index (χ1n) is 8.02. The van der Waals surface area contributed by atoms with E-state index >= 15 is 0 Å². The molecule has 0 aliphatic rings. The van der Waals surface area contributed by atoms with E-state index in [-0.39, 0.29) is 12.5 Å². The van der Waals surface area contributed by atoms with E-state index in [1.165, 1.54) is 0 Å². The molecular weight excluding hydrogens is 304 g/mol. The van der Waals surface area contributed by atoms with Crippen LogP contribution < -0.4 is 5.32 Å². The first-order valence-corrected chi connectivity index (χ1v) is 9.17. The fourth-order valence-electron chi connectivity index (χ4n) is 2.19. The number of amides is 1. The van der Waals surface area contributed by atoms with Crippen molar-refractivity contribution in [1.82, 2.24) is 10.2 Å². The van der Waals surface area contributed by atoms with Crippen LogP contribution >= 0.6 is 25.3 Å². The second-order valence-corrected chi connectivity index (χ2v) is 6.50. The summed E-state index contributed by atoms with van der Waals surface area (Å²) in [6.45, 7) is 5.40. The SMILES string of the molecule is CCCN(CCO)CCNC(=O)CCCCC(S)CCS. The molecule has 1 amide bonds. The molecule has 2 N–H and O–H groups in total. The largest absolute Gasteiger partial charge is 0.395 e. The van der Waals surface area contributed by atoms with E-state index in [0.29, 0.717) is 24.8 Å². The van der Waals surface area contributed by atoms with Gasteiger partial charge in [-0.05, 0) is 38.0 Å². The van der Waals surface area contributed by atoms with E-state index in [2.05, 4.69) is 42.4 Å². The highest BCUT2D eigenvalue weighted by Gasteiger charge is 2.06. The number of carbonyl (C=O) groups is 1. The van der Waals surface area contributed by atoms with Gasteiger partial charge in [-0.3, -0.25) is 9.69 Å². The summed E-state index contributed by atoms with van der Waals surface area (Å²) < 4.78 is 0. The van der Waals surface area contributed by atoms with Crippen molar-refractivity contribution in [2.24, 2.45) is 0 Å². The van der Waals surface area contributed by atoms with Gasteiger partial charge in [-0.1, -0.05) is 13.3 Å². The van der Waals surface area contributed by atoms with Crippen molar-refractivity contribution in [3.63, 3.8) is 0 Å². The Kier molecular flexibility index (Phi) is 15.1. The number of aliphatic hydroxyl groups is 1. The van der Waals surface area contributed by atoms with Crippen LogP contribution in [0.1, 0.15) is 45.4 Å². The highest BCUT2D eigenvalue weighted by Crippen LogP contribution is 2.12. The van der Waals surface area contributed by atoms with Crippen LogP contribution in [0.4, 0.5) is 0 Å². The van der Waals surface area contributed by atoms with E-state index in [9.17, 15) is 4.79 Å². The van der Waals surface area contributed by atoms with Crippen LogP contribution in [0.15, 0.2) is 0 Å². The van der Waals surface area contributed by atoms with Crippen LogP contribution in [-0.4, -0.2) is 59.7 Å². The van der Waals surface area contributed by atoms with E-state index in [1.54, 1.807) is 0 Å². The van der Waals surface area contributed by atoms with Gasteiger partial charge in [0.1, 0.15) is 0 Å². The summed E-state index contributed by atoms with van der Waals surface area (Å²) in [5.41, 5.74) is 0. The number of unbranched alkanes of at least 4 members (excludes halogenated alkanes) is 1. The number of nitrogens with one attached hydrogen (secondary N) is 1. The van der Waals surface area contributed by atoms with Gasteiger partial charge in [0.05, 0.1) is 6.61 Å². The number of thiol groups is 2. The fourth-order valence-corrected chi connectivity index (χ4v) is 3.02. The summed E-state index contributed by atoms with van der Waals surface area (Å²) in [6, 6.07) is 0. The molecule has 0 rings (SSSR count). The van der Waals surface area contributed by atoms with Crippen molar-refractivity contribution in [3.05, 3.63) is 0 Å². The van der Waals surface area contributed by atoms with Crippen molar-refractivity contribution in [1.29, 1.82) is 0 Å². The van der Waals surface area contributed by atoms with Crippen LogP contribution in [0.2, 0.25) is 0 Å². The molecule has 21 heavy (non-hydrogen) atoms. The molecule has 0 aromatic rings. The van der Waals surface area contributed by atoms with E-state index in [1.807, 2.05) is 0 Å². The minimum Gasteiger partial charge on any atom is -0.395 e. The third-order valence-corrected chi connectivity index (χ3v) is 4.13. The topological polar surface area (TPSA) is 52.6 Å². The standard InChI is InChI=1S/C15H32N2O2S2/c1-2-9-17(11-12-18)10-8-16-15(19)6-4-3-5-14(21)7-13-20/h14,18,20-21H,2-13H2,1H3,(H,16,19). The Bertz CT molecular complexity index is 250. The zero-order chi connectivity index (χ0) is 15.9. The second-order valence-electron chi connectivity index (χ2n) is 5.33. The first-order chi connectivity index (χ1) is 10.1. The number of rotatable bonds is 14. The molecule has 0 bridgehead atoms. The Morgan fingerprint density at radius 1 is 1.24 bits per heavy atom. The van der Waals surface area contributed by atoms with Crippen LogP contribution in [-0.2, 0) is 4.79 Å². The van der Waals surface area contributed by atoms with Crippen LogP contribution in [0, 0.1) is 0 Å². The minimum atomic E-state index is 0.125. The van der Waals surface area contributed by atoms with Gasteiger partial charge in [-0.15, -0.1) is 0 Å². The van der Waals surface area contributed by atoms with Crippen LogP contribution in [0.25, 0.3) is 0 Å². The maximum atomic E-state index is 11.7. The first kappa shape index (κ1) is 21.1. The van der Waals surface area contributed by atoms with Crippen molar-refractivity contribution in [2.75, 3.05) is 38.5 Å². The predicted molar refractivity (Wildman–Crippen MR) is 96.5 cm³/mol. The maximum absolute atomic E-state index is 11.7. The highest BCUT2D eigenvalue weighted by atomic mass is 32.1. The molecule has 0 heterocycles. The molecule has 0 saturated carbocycles. The van der Waals surface area contributed by atoms with Crippen LogP contribution in [0.3, 0.4) is 0 Å². The molecule has 0 aliphatic heterocycles. The lowest BCUT2D eigenvalue weighted by Crippen LogP contribution is -2.36. The Labute approximate surface area is 140 Å². The van der Waals surface area contributed by atoms with E-state index in [4.69, 9.17) is 5.11 Å². The number of aliphatic hydroxyl groups excluding tert-OH is 1. The molecule has 0 aromatic heterocycles. The lowest BCUT2D eigenvalue weighted by atomic mass is 10.1. The van der Waals surface area contributed by atoms with Gasteiger partial charge in [0.2, 0.25) is 5.91 Å². The summed E-state index contributed by atoms with van der Waals surface area (Å²) in [5, 5.41) is 12.3. The van der Waals surface area contributed by atoms with Crippen molar-refractivity contribution >= 4 is 31.2 Å². The Hall–Kier alpha value is 0.0900. The molecule has 126 valence electrons. The predicted octanol–water partition coefficient (Wildman–Crippen LogP) is 1.99. The van der Waals surface area contributed by atoms with Gasteiger partial charge < -0.3 is 10.4 Å². The third-order valence-electron chi connectivity index (χ3n) is 3.36. The molecule has 0 aliphatic carbocycles. The Morgan fingerprint density at radius 2 is 2.00 bits per heavy atom. The van der Waals surface area contributed by atoms with Gasteiger partial charge in [-0.2, -0.15) is 25.3 Å². The normalized spacial score (nSPS) is 12.6. The van der Waals surface area contributed by atoms with Crippen LogP contribution in [0.5, 0.6) is 0 Å². The average Bonchev–Trinajstić information content (AvgIpc) is 2.44. The number of hydrogen-bond acceptors (Lipinski definition) is 5. The third kappa shape index (κ3) is 13.5. The maximum Gasteiger partial charge on any atom is 0.220 e. The molecule has 4 nitrogen and oxygen atoms in total. The molecule has 1 atom stereocenters. The summed E-state index contributed by atoms with van der Waals surface area (Å²) in [5.74, 6) is 0.997. The summed E-state index contributed by atoms with van der Waals surface area (Å²) in [6.07, 6.45) is 5.70. The van der Waals surface area contributed by atoms with Gasteiger partial charge in [0, 0.05) is 31.3 Å². The lowest BCUT2D eigenvalue weighted by molar-refractivity contribution is -0.121. The monoisotopic (exact) mass is 336 g/mol. The molecule has 0 radical (unpaired) electrons. The van der Waals surface area contributed by atoms with Gasteiger partial charge in [-0.25, -0.2) is 0 Å². The second kappa shape index (κ2) is 15.0. The van der Waals surface area contributed by atoms with Gasteiger partial charge in [0.25, 0.3) is 0 Å². The fraction of sp³-hybridized carbons (Fsp3) is 0.933. The van der Waals surface area contributed by atoms with Gasteiger partial charge >= 0.3 is 0 Å². The van der Waals surface area contributed by atoms with Crippen molar-refractivity contribution < 1.29 is 9.90 Å². The summed E-state index contributed by atoms with van der Waals surface area (Å²) in [4.78, 5) is 13.9. The van der Waals surface area contributed by atoms with E-state index < -0.39 is 0 Å². The highest BCUT2D eigenvalue weighted by molar-refractivity contribution is 7.81. The molecule has 1 unspecified atom stereocenters. The van der Waals surface area contributed by atoms with E-state index in [0.717, 1.165) is 50.9 Å². The molecule has 0 aromatic carbocycles. The quantitative estimate of drug-likeness (QED) is 0.290. The smallest absolute Gasteiger partial charge is 0.220 e. The van der Waals surface area contributed by atoms with Crippen molar-refractivity contribution in [3.8, 4) is 0 Å². The number of hydrogen-bond donors (Lipinski definition) is 4.